The van der Waals surface area contributed by atoms with E-state index in [1.807, 2.05) is 31.2 Å². The molecule has 0 radical (unpaired) electrons. The zero-order valence-electron chi connectivity index (χ0n) is 13.0. The molecule has 1 aromatic carbocycles. The number of rotatable bonds is 10. The van der Waals surface area contributed by atoms with Crippen LogP contribution < -0.4 is 5.32 Å². The number of methoxy groups -OCH3 is 1. The van der Waals surface area contributed by atoms with Gasteiger partial charge in [-0.2, -0.15) is 11.8 Å². The van der Waals surface area contributed by atoms with Crippen LogP contribution in [-0.4, -0.2) is 35.9 Å². The molecule has 0 fully saturated rings. The Morgan fingerprint density at radius 3 is 2.82 bits per heavy atom. The number of carbonyl (C=O) groups excluding carboxylic acids is 1. The van der Waals surface area contributed by atoms with Crippen LogP contribution in [0.2, 0.25) is 0 Å². The second-order valence-electron chi connectivity index (χ2n) is 5.03. The first kappa shape index (κ1) is 18.5. The van der Waals surface area contributed by atoms with Crippen molar-refractivity contribution in [2.45, 2.75) is 38.0 Å². The molecule has 2 N–H and O–H groups in total. The zero-order chi connectivity index (χ0) is 16.4. The Hall–Kier alpha value is -1.53. The van der Waals surface area contributed by atoms with Gasteiger partial charge in [0.2, 0.25) is 5.91 Å². The standard InChI is InChI=1S/C16H23NO4S/c1-12(21-2)6-7-15(18)17-14-5-3-4-13(10-14)11-22-9-8-16(19)20/h3-5,10,12H,6-9,11H2,1-2H3,(H,17,18)(H,19,20). The Balaban J connectivity index is 2.39. The fraction of sp³-hybridized carbons (Fsp3) is 0.500. The number of hydrogen-bond acceptors (Lipinski definition) is 4. The van der Waals surface area contributed by atoms with E-state index in [1.165, 1.54) is 0 Å². The van der Waals surface area contributed by atoms with Crippen LogP contribution in [0.1, 0.15) is 31.7 Å². The van der Waals surface area contributed by atoms with E-state index in [1.54, 1.807) is 18.9 Å². The second-order valence-corrected chi connectivity index (χ2v) is 6.14. The Morgan fingerprint density at radius 1 is 1.36 bits per heavy atom. The van der Waals surface area contributed by atoms with Crippen LogP contribution in [0.15, 0.2) is 24.3 Å². The van der Waals surface area contributed by atoms with E-state index in [4.69, 9.17) is 9.84 Å². The van der Waals surface area contributed by atoms with E-state index in [-0.39, 0.29) is 18.4 Å². The molecule has 0 spiro atoms. The molecule has 5 nitrogen and oxygen atoms in total. The minimum absolute atomic E-state index is 0.0282. The van der Waals surface area contributed by atoms with Crippen LogP contribution in [0.5, 0.6) is 0 Å². The number of thioether (sulfide) groups is 1. The molecule has 1 atom stereocenters. The average Bonchev–Trinajstić information content (AvgIpc) is 2.49. The molecular weight excluding hydrogens is 302 g/mol. The number of anilines is 1. The summed E-state index contributed by atoms with van der Waals surface area (Å²) in [5.74, 6) is 0.511. The van der Waals surface area contributed by atoms with Gasteiger partial charge in [0.25, 0.3) is 0 Å². The highest BCUT2D eigenvalue weighted by Crippen LogP contribution is 2.17. The monoisotopic (exact) mass is 325 g/mol. The first-order chi connectivity index (χ1) is 10.5. The average molecular weight is 325 g/mol. The number of carboxylic acids is 1. The number of amides is 1. The van der Waals surface area contributed by atoms with Gasteiger partial charge in [-0.1, -0.05) is 12.1 Å². The summed E-state index contributed by atoms with van der Waals surface area (Å²) in [7, 11) is 1.63. The van der Waals surface area contributed by atoms with Crippen molar-refractivity contribution >= 4 is 29.3 Å². The summed E-state index contributed by atoms with van der Waals surface area (Å²) in [6.45, 7) is 1.93. The van der Waals surface area contributed by atoms with Crippen molar-refractivity contribution in [1.29, 1.82) is 0 Å². The van der Waals surface area contributed by atoms with Gasteiger partial charge in [-0.25, -0.2) is 0 Å². The summed E-state index contributed by atoms with van der Waals surface area (Å²) in [5, 5.41) is 11.5. The molecule has 0 bridgehead atoms. The molecule has 0 aliphatic heterocycles. The van der Waals surface area contributed by atoms with Crippen molar-refractivity contribution in [2.24, 2.45) is 0 Å². The highest BCUT2D eigenvalue weighted by Gasteiger charge is 2.07. The topological polar surface area (TPSA) is 75.6 Å². The minimum Gasteiger partial charge on any atom is -0.481 e. The van der Waals surface area contributed by atoms with E-state index in [0.29, 0.717) is 18.6 Å². The van der Waals surface area contributed by atoms with E-state index >= 15 is 0 Å². The Bertz CT molecular complexity index is 493. The first-order valence-corrected chi connectivity index (χ1v) is 8.38. The maximum absolute atomic E-state index is 11.8. The predicted molar refractivity (Wildman–Crippen MR) is 89.2 cm³/mol. The predicted octanol–water partition coefficient (Wildman–Crippen LogP) is 3.15. The van der Waals surface area contributed by atoms with Crippen molar-refractivity contribution in [1.82, 2.24) is 0 Å². The van der Waals surface area contributed by atoms with Gasteiger partial charge in [0.05, 0.1) is 12.5 Å². The lowest BCUT2D eigenvalue weighted by atomic mass is 10.2. The molecule has 122 valence electrons. The fourth-order valence-corrected chi connectivity index (χ4v) is 2.64. The van der Waals surface area contributed by atoms with Crippen LogP contribution in [0.25, 0.3) is 0 Å². The molecule has 1 unspecified atom stereocenters. The zero-order valence-corrected chi connectivity index (χ0v) is 13.8. The van der Waals surface area contributed by atoms with Crippen LogP contribution in [0, 0.1) is 0 Å². The quantitative estimate of drug-likeness (QED) is 0.646. The van der Waals surface area contributed by atoms with Crippen molar-refractivity contribution in [3.63, 3.8) is 0 Å². The number of carboxylic acid groups (broad SMARTS) is 1. The molecule has 0 aliphatic carbocycles. The number of hydrogen-bond donors (Lipinski definition) is 2. The van der Waals surface area contributed by atoms with E-state index in [2.05, 4.69) is 5.32 Å². The van der Waals surface area contributed by atoms with Gasteiger partial charge in [-0.3, -0.25) is 9.59 Å². The maximum Gasteiger partial charge on any atom is 0.304 e. The molecule has 0 aromatic heterocycles. The number of aliphatic carboxylic acids is 1. The van der Waals surface area contributed by atoms with Crippen LogP contribution in [0.4, 0.5) is 5.69 Å². The summed E-state index contributed by atoms with van der Waals surface area (Å²) in [5.41, 5.74) is 1.84. The molecule has 0 heterocycles. The third-order valence-corrected chi connectivity index (χ3v) is 4.15. The molecule has 22 heavy (non-hydrogen) atoms. The first-order valence-electron chi connectivity index (χ1n) is 7.22. The molecule has 0 aliphatic rings. The van der Waals surface area contributed by atoms with E-state index < -0.39 is 5.97 Å². The number of benzene rings is 1. The molecule has 1 aromatic rings. The van der Waals surface area contributed by atoms with Crippen molar-refractivity contribution in [2.75, 3.05) is 18.2 Å². The second kappa shape index (κ2) is 10.2. The van der Waals surface area contributed by atoms with Crippen LogP contribution >= 0.6 is 11.8 Å². The SMILES string of the molecule is COC(C)CCC(=O)Nc1cccc(CSCCC(=O)O)c1. The van der Waals surface area contributed by atoms with Gasteiger partial charge in [-0.05, 0) is 31.0 Å². The third-order valence-electron chi connectivity index (χ3n) is 3.12. The van der Waals surface area contributed by atoms with E-state index in [0.717, 1.165) is 17.0 Å². The smallest absolute Gasteiger partial charge is 0.304 e. The van der Waals surface area contributed by atoms with Crippen LogP contribution in [-0.2, 0) is 20.1 Å². The fourth-order valence-electron chi connectivity index (χ4n) is 1.76. The van der Waals surface area contributed by atoms with Crippen molar-refractivity contribution in [3.05, 3.63) is 29.8 Å². The van der Waals surface area contributed by atoms with Gasteiger partial charge in [-0.15, -0.1) is 0 Å². The molecular formula is C16H23NO4S. The van der Waals surface area contributed by atoms with Gasteiger partial charge in [0, 0.05) is 30.7 Å². The summed E-state index contributed by atoms with van der Waals surface area (Å²) in [4.78, 5) is 22.3. The van der Waals surface area contributed by atoms with Crippen LogP contribution in [0.3, 0.4) is 0 Å². The largest absolute Gasteiger partial charge is 0.481 e. The highest BCUT2D eigenvalue weighted by atomic mass is 32.2. The minimum atomic E-state index is -0.779. The van der Waals surface area contributed by atoms with Gasteiger partial charge >= 0.3 is 5.97 Å². The lowest BCUT2D eigenvalue weighted by Gasteiger charge is -2.10. The number of ether oxygens (including phenoxy) is 1. The summed E-state index contributed by atoms with van der Waals surface area (Å²) >= 11 is 1.57. The Labute approximate surface area is 135 Å². The number of carbonyl (C=O) groups is 2. The van der Waals surface area contributed by atoms with Gasteiger partial charge in [0.15, 0.2) is 0 Å². The lowest BCUT2D eigenvalue weighted by molar-refractivity contribution is -0.136. The normalized spacial score (nSPS) is 11.9. The summed E-state index contributed by atoms with van der Waals surface area (Å²) < 4.78 is 5.12. The Kier molecular flexibility index (Phi) is 8.62. The van der Waals surface area contributed by atoms with Crippen molar-refractivity contribution < 1.29 is 19.4 Å². The summed E-state index contributed by atoms with van der Waals surface area (Å²) in [6.07, 6.45) is 1.35. The molecule has 1 amide bonds. The molecule has 1 rings (SSSR count). The van der Waals surface area contributed by atoms with Gasteiger partial charge < -0.3 is 15.2 Å². The highest BCUT2D eigenvalue weighted by molar-refractivity contribution is 7.98. The maximum atomic E-state index is 11.8. The molecule has 6 heteroatoms. The molecule has 0 saturated carbocycles. The number of nitrogens with one attached hydrogen (secondary N) is 1. The third kappa shape index (κ3) is 8.05. The summed E-state index contributed by atoms with van der Waals surface area (Å²) in [6, 6.07) is 7.63. The lowest BCUT2D eigenvalue weighted by Crippen LogP contribution is -2.15. The van der Waals surface area contributed by atoms with E-state index in [9.17, 15) is 9.59 Å². The van der Waals surface area contributed by atoms with Gasteiger partial charge in [0.1, 0.15) is 0 Å². The van der Waals surface area contributed by atoms with Crippen molar-refractivity contribution in [3.8, 4) is 0 Å². The Morgan fingerprint density at radius 2 is 2.14 bits per heavy atom. The molecule has 0 saturated heterocycles.